The molecule has 0 atom stereocenters. The number of nitrogens with zero attached hydrogens (tertiary/aromatic N) is 4. The Morgan fingerprint density at radius 1 is 1.21 bits per heavy atom. The molecule has 0 amide bonds. The van der Waals surface area contributed by atoms with E-state index in [1.165, 1.54) is 29.5 Å². The van der Waals surface area contributed by atoms with Crippen LogP contribution in [0.3, 0.4) is 0 Å². The number of carboxylic acid groups (broad SMARTS) is 1. The molecule has 2 heterocycles. The average molecular weight is 468 g/mol. The lowest BCUT2D eigenvalue weighted by Crippen LogP contribution is -2.36. The van der Waals surface area contributed by atoms with Crippen molar-refractivity contribution in [1.82, 2.24) is 4.98 Å². The molecule has 1 aliphatic rings. The molecule has 2 aromatic carbocycles. The molecule has 0 bridgehead atoms. The number of nitrogens with one attached hydrogen (secondary N) is 1. The Labute approximate surface area is 193 Å². The molecule has 0 unspecified atom stereocenters. The zero-order valence-corrected chi connectivity index (χ0v) is 18.3. The largest absolute Gasteiger partial charge is 0.477 e. The Morgan fingerprint density at radius 3 is 2.64 bits per heavy atom. The van der Waals surface area contributed by atoms with Crippen LogP contribution in [0.4, 0.5) is 16.5 Å². The molecule has 11 heteroatoms. The lowest BCUT2D eigenvalue weighted by Gasteiger charge is -2.28. The van der Waals surface area contributed by atoms with Gasteiger partial charge in [-0.3, -0.25) is 15.5 Å². The number of nitro groups is 1. The topological polar surface area (TPSA) is 130 Å². The zero-order valence-electron chi connectivity index (χ0n) is 17.5. The van der Waals surface area contributed by atoms with Crippen LogP contribution in [0.15, 0.2) is 59.0 Å². The molecule has 170 valence electrons. The molecule has 0 saturated carbocycles. The Kier molecular flexibility index (Phi) is 6.91. The predicted molar refractivity (Wildman–Crippen MR) is 126 cm³/mol. The molecule has 3 aromatic rings. The first kappa shape index (κ1) is 22.4. The first-order chi connectivity index (χ1) is 16.0. The predicted octanol–water partition coefficient (Wildman–Crippen LogP) is 3.65. The molecule has 2 N–H and O–H groups in total. The molecule has 1 saturated heterocycles. The second-order valence-corrected chi connectivity index (χ2v) is 8.08. The number of ether oxygens (including phenoxy) is 1. The van der Waals surface area contributed by atoms with Crippen LogP contribution in [-0.4, -0.2) is 53.0 Å². The summed E-state index contributed by atoms with van der Waals surface area (Å²) in [5.41, 5.74) is 5.33. The Balaban J connectivity index is 1.45. The standard InChI is InChI=1S/C22H21N5O5S/c28-21(29)18(13-16-3-1-2-4-20(16)27(30)31)24-25-22-23-19(14-33-22)15-5-7-17(8-6-15)26-9-11-32-12-10-26/h1-8,14H,9-13H2,(H,23,25)(H,28,29)/b24-18+. The van der Waals surface area contributed by atoms with Crippen molar-refractivity contribution in [2.75, 3.05) is 36.6 Å². The molecular weight excluding hydrogens is 446 g/mol. The Morgan fingerprint density at radius 2 is 1.94 bits per heavy atom. The summed E-state index contributed by atoms with van der Waals surface area (Å²) in [6, 6.07) is 14.1. The van der Waals surface area contributed by atoms with E-state index in [-0.39, 0.29) is 23.4 Å². The number of hydrazone groups is 1. The number of benzene rings is 2. The Hall–Kier alpha value is -3.83. The molecule has 33 heavy (non-hydrogen) atoms. The van der Waals surface area contributed by atoms with Crippen molar-refractivity contribution < 1.29 is 19.6 Å². The number of para-hydroxylation sites is 1. The fourth-order valence-corrected chi connectivity index (χ4v) is 4.08. The highest BCUT2D eigenvalue weighted by molar-refractivity contribution is 7.14. The van der Waals surface area contributed by atoms with Crippen LogP contribution in [0.1, 0.15) is 5.56 Å². The van der Waals surface area contributed by atoms with Gasteiger partial charge in [0.15, 0.2) is 0 Å². The van der Waals surface area contributed by atoms with Crippen molar-refractivity contribution in [2.45, 2.75) is 6.42 Å². The maximum Gasteiger partial charge on any atom is 0.352 e. The van der Waals surface area contributed by atoms with Gasteiger partial charge in [0, 0.05) is 47.8 Å². The molecule has 0 aliphatic carbocycles. The number of aromatic nitrogens is 1. The van der Waals surface area contributed by atoms with Crippen LogP contribution in [-0.2, 0) is 16.0 Å². The molecule has 1 aliphatic heterocycles. The van der Waals surface area contributed by atoms with Gasteiger partial charge in [-0.25, -0.2) is 9.78 Å². The quantitative estimate of drug-likeness (QED) is 0.292. The van der Waals surface area contributed by atoms with Gasteiger partial charge in [-0.2, -0.15) is 5.10 Å². The van der Waals surface area contributed by atoms with Crippen LogP contribution in [0, 0.1) is 10.1 Å². The minimum absolute atomic E-state index is 0.150. The number of thiazole rings is 1. The third-order valence-electron chi connectivity index (χ3n) is 5.12. The third-order valence-corrected chi connectivity index (χ3v) is 5.87. The van der Waals surface area contributed by atoms with Crippen LogP contribution >= 0.6 is 11.3 Å². The zero-order chi connectivity index (χ0) is 23.2. The van der Waals surface area contributed by atoms with Gasteiger partial charge < -0.3 is 14.7 Å². The summed E-state index contributed by atoms with van der Waals surface area (Å²) in [6.07, 6.45) is -0.194. The number of anilines is 2. The molecular formula is C22H21N5O5S. The smallest absolute Gasteiger partial charge is 0.352 e. The van der Waals surface area contributed by atoms with E-state index < -0.39 is 10.9 Å². The number of rotatable bonds is 8. The lowest BCUT2D eigenvalue weighted by molar-refractivity contribution is -0.385. The van der Waals surface area contributed by atoms with Gasteiger partial charge in [-0.1, -0.05) is 30.3 Å². The van der Waals surface area contributed by atoms with Crippen LogP contribution in [0.2, 0.25) is 0 Å². The van der Waals surface area contributed by atoms with Gasteiger partial charge in [0.05, 0.1) is 23.8 Å². The van der Waals surface area contributed by atoms with Crippen LogP contribution in [0.25, 0.3) is 11.3 Å². The summed E-state index contributed by atoms with van der Waals surface area (Å²) in [6.45, 7) is 3.17. The fourth-order valence-electron chi connectivity index (χ4n) is 3.42. The van der Waals surface area contributed by atoms with E-state index in [4.69, 9.17) is 4.74 Å². The summed E-state index contributed by atoms with van der Waals surface area (Å²) in [5, 5.41) is 26.9. The van der Waals surface area contributed by atoms with E-state index in [0.29, 0.717) is 5.13 Å². The maximum absolute atomic E-state index is 11.6. The number of nitro benzene ring substituents is 1. The fraction of sp³-hybridized carbons (Fsp3) is 0.227. The molecule has 4 rings (SSSR count). The second kappa shape index (κ2) is 10.2. The van der Waals surface area contributed by atoms with Crippen molar-refractivity contribution in [1.29, 1.82) is 0 Å². The molecule has 0 spiro atoms. The number of aliphatic carboxylic acids is 1. The SMILES string of the molecule is O=C(O)/C(Cc1ccccc1[N+](=O)[O-])=N/Nc1nc(-c2ccc(N3CCOCC3)cc2)cs1. The summed E-state index contributed by atoms with van der Waals surface area (Å²) >= 11 is 1.29. The van der Waals surface area contributed by atoms with E-state index in [1.54, 1.807) is 6.07 Å². The average Bonchev–Trinajstić information content (AvgIpc) is 3.31. The molecule has 10 nitrogen and oxygen atoms in total. The number of morpholine rings is 1. The first-order valence-corrected chi connectivity index (χ1v) is 11.1. The van der Waals surface area contributed by atoms with Gasteiger partial charge in [0.25, 0.3) is 5.69 Å². The summed E-state index contributed by atoms with van der Waals surface area (Å²) in [7, 11) is 0. The number of hydrogen-bond acceptors (Lipinski definition) is 9. The highest BCUT2D eigenvalue weighted by atomic mass is 32.1. The Bertz CT molecular complexity index is 1170. The first-order valence-electron chi connectivity index (χ1n) is 10.2. The summed E-state index contributed by atoms with van der Waals surface area (Å²) in [4.78, 5) is 29.0. The summed E-state index contributed by atoms with van der Waals surface area (Å²) in [5.74, 6) is -1.27. The van der Waals surface area contributed by atoms with Crippen molar-refractivity contribution >= 4 is 39.5 Å². The monoisotopic (exact) mass is 467 g/mol. The van der Waals surface area contributed by atoms with Crippen LogP contribution in [0.5, 0.6) is 0 Å². The maximum atomic E-state index is 11.6. The van der Waals surface area contributed by atoms with E-state index >= 15 is 0 Å². The lowest BCUT2D eigenvalue weighted by atomic mass is 10.1. The second-order valence-electron chi connectivity index (χ2n) is 7.22. The van der Waals surface area contributed by atoms with Crippen molar-refractivity contribution in [2.24, 2.45) is 5.10 Å². The molecule has 1 aromatic heterocycles. The number of carboxylic acids is 1. The van der Waals surface area contributed by atoms with Gasteiger partial charge in [0.2, 0.25) is 5.13 Å². The van der Waals surface area contributed by atoms with E-state index in [9.17, 15) is 20.0 Å². The summed E-state index contributed by atoms with van der Waals surface area (Å²) < 4.78 is 5.39. The van der Waals surface area contributed by atoms with Crippen molar-refractivity contribution in [3.05, 3.63) is 69.6 Å². The third kappa shape index (κ3) is 5.51. The van der Waals surface area contributed by atoms with Gasteiger partial charge in [-0.15, -0.1) is 11.3 Å². The minimum Gasteiger partial charge on any atom is -0.477 e. The molecule has 1 fully saturated rings. The molecule has 0 radical (unpaired) electrons. The van der Waals surface area contributed by atoms with E-state index in [0.717, 1.165) is 43.2 Å². The van der Waals surface area contributed by atoms with Gasteiger partial charge in [-0.05, 0) is 12.1 Å². The van der Waals surface area contributed by atoms with Crippen LogP contribution < -0.4 is 10.3 Å². The highest BCUT2D eigenvalue weighted by Gasteiger charge is 2.19. The number of carbonyl (C=O) groups is 1. The normalized spacial score (nSPS) is 14.2. The number of hydrogen-bond donors (Lipinski definition) is 2. The van der Waals surface area contributed by atoms with E-state index in [1.807, 2.05) is 29.6 Å². The van der Waals surface area contributed by atoms with Gasteiger partial charge >= 0.3 is 5.97 Å². The minimum atomic E-state index is -1.27. The van der Waals surface area contributed by atoms with E-state index in [2.05, 4.69) is 20.4 Å². The van der Waals surface area contributed by atoms with Crippen molar-refractivity contribution in [3.8, 4) is 11.3 Å². The van der Waals surface area contributed by atoms with Crippen molar-refractivity contribution in [3.63, 3.8) is 0 Å². The van der Waals surface area contributed by atoms with Gasteiger partial charge in [0.1, 0.15) is 5.71 Å². The highest BCUT2D eigenvalue weighted by Crippen LogP contribution is 2.27.